The third-order valence-electron chi connectivity index (χ3n) is 3.74. The molecule has 0 spiro atoms. The molecule has 0 bridgehead atoms. The van der Waals surface area contributed by atoms with Crippen LogP contribution in [-0.2, 0) is 10.0 Å². The first kappa shape index (κ1) is 19.5. The number of rotatable bonds is 7. The molecule has 4 N–H and O–H groups in total. The Bertz CT molecular complexity index is 1130. The van der Waals surface area contributed by atoms with Gasteiger partial charge in [-0.2, -0.15) is 5.10 Å². The number of phenols is 2. The van der Waals surface area contributed by atoms with Crippen LogP contribution in [0.4, 0.5) is 5.69 Å². The van der Waals surface area contributed by atoms with E-state index in [4.69, 9.17) is 0 Å². The summed E-state index contributed by atoms with van der Waals surface area (Å²) < 4.78 is 28.0. The molecular weight excluding hydrogens is 400 g/mol. The predicted molar refractivity (Wildman–Crippen MR) is 108 cm³/mol. The number of nitrogens with one attached hydrogen (secondary N) is 2. The molecule has 1 aromatic heterocycles. The number of aromatic nitrogens is 3. The number of nitrogens with zero attached hydrogens (tertiary/aromatic N) is 2. The van der Waals surface area contributed by atoms with Crippen LogP contribution in [0.25, 0.3) is 12.2 Å². The number of benzene rings is 2. The quantitative estimate of drug-likeness (QED) is 0.434. The maximum atomic E-state index is 12.7. The van der Waals surface area contributed by atoms with Crippen molar-refractivity contribution in [1.29, 1.82) is 0 Å². The van der Waals surface area contributed by atoms with Crippen LogP contribution < -0.4 is 4.72 Å². The standard InChI is InChI=1S/C18H16N4O4S2/c1-3-13-14(4-2)17(24)16(27-18-19-10-20-21-18)9-15(13)22-28(25,26)12-7-5-11(23)6-8-12/h3-10,22-24H,1-2H2,(H,19,20,21). The smallest absolute Gasteiger partial charge is 0.261 e. The van der Waals surface area contributed by atoms with E-state index in [0.29, 0.717) is 21.2 Å². The summed E-state index contributed by atoms with van der Waals surface area (Å²) >= 11 is 1.08. The average Bonchev–Trinajstić information content (AvgIpc) is 3.17. The molecule has 0 saturated carbocycles. The summed E-state index contributed by atoms with van der Waals surface area (Å²) in [6.07, 6.45) is 4.16. The number of hydrogen-bond acceptors (Lipinski definition) is 7. The summed E-state index contributed by atoms with van der Waals surface area (Å²) in [5, 5.41) is 26.8. The van der Waals surface area contributed by atoms with Crippen LogP contribution in [0.3, 0.4) is 0 Å². The molecule has 10 heteroatoms. The second-order valence-corrected chi connectivity index (χ2v) is 8.21. The monoisotopic (exact) mass is 416 g/mol. The zero-order valence-corrected chi connectivity index (χ0v) is 16.1. The van der Waals surface area contributed by atoms with Crippen LogP contribution in [-0.4, -0.2) is 33.8 Å². The molecule has 0 amide bonds. The Kier molecular flexibility index (Phi) is 5.43. The molecule has 0 saturated heterocycles. The summed E-state index contributed by atoms with van der Waals surface area (Å²) in [5.41, 5.74) is 0.900. The summed E-state index contributed by atoms with van der Waals surface area (Å²) in [6, 6.07) is 6.60. The van der Waals surface area contributed by atoms with Crippen molar-refractivity contribution in [3.8, 4) is 11.5 Å². The fraction of sp³-hybridized carbons (Fsp3) is 0. The zero-order valence-electron chi connectivity index (χ0n) is 14.5. The predicted octanol–water partition coefficient (Wildman–Crippen LogP) is 3.45. The van der Waals surface area contributed by atoms with Gasteiger partial charge in [0.15, 0.2) is 5.16 Å². The van der Waals surface area contributed by atoms with E-state index >= 15 is 0 Å². The number of phenolic OH excluding ortho intramolecular Hbond substituents is 2. The molecule has 8 nitrogen and oxygen atoms in total. The maximum absolute atomic E-state index is 12.7. The van der Waals surface area contributed by atoms with Crippen molar-refractivity contribution < 1.29 is 18.6 Å². The first-order valence-electron chi connectivity index (χ1n) is 7.85. The number of hydrogen-bond donors (Lipinski definition) is 4. The number of aromatic hydroxyl groups is 2. The molecular formula is C18H16N4O4S2. The van der Waals surface area contributed by atoms with Gasteiger partial charge in [0.1, 0.15) is 17.8 Å². The fourth-order valence-corrected chi connectivity index (χ4v) is 4.31. The van der Waals surface area contributed by atoms with Crippen LogP contribution in [0.5, 0.6) is 11.5 Å². The molecule has 2 aromatic carbocycles. The Morgan fingerprint density at radius 3 is 2.36 bits per heavy atom. The molecule has 28 heavy (non-hydrogen) atoms. The Morgan fingerprint density at radius 2 is 1.79 bits per heavy atom. The highest BCUT2D eigenvalue weighted by Crippen LogP contribution is 2.41. The van der Waals surface area contributed by atoms with Crippen molar-refractivity contribution in [3.05, 3.63) is 60.9 Å². The normalized spacial score (nSPS) is 11.1. The van der Waals surface area contributed by atoms with Crippen LogP contribution in [0, 0.1) is 0 Å². The van der Waals surface area contributed by atoms with Gasteiger partial charge in [-0.05, 0) is 42.1 Å². The maximum Gasteiger partial charge on any atom is 0.261 e. The van der Waals surface area contributed by atoms with Crippen LogP contribution in [0.15, 0.2) is 64.8 Å². The first-order chi connectivity index (χ1) is 13.4. The second-order valence-electron chi connectivity index (χ2n) is 5.50. The highest BCUT2D eigenvalue weighted by atomic mass is 32.2. The Balaban J connectivity index is 2.09. The lowest BCUT2D eigenvalue weighted by molar-refractivity contribution is 0.461. The van der Waals surface area contributed by atoms with Crippen molar-refractivity contribution in [2.45, 2.75) is 14.9 Å². The minimum absolute atomic E-state index is 0.0297. The molecule has 0 atom stereocenters. The second kappa shape index (κ2) is 7.79. The molecule has 0 unspecified atom stereocenters. The van der Waals surface area contributed by atoms with E-state index in [-0.39, 0.29) is 22.1 Å². The van der Waals surface area contributed by atoms with Crippen molar-refractivity contribution in [2.24, 2.45) is 0 Å². The Hall–Kier alpha value is -3.24. The van der Waals surface area contributed by atoms with Gasteiger partial charge >= 0.3 is 0 Å². The third-order valence-corrected chi connectivity index (χ3v) is 6.05. The van der Waals surface area contributed by atoms with Gasteiger partial charge in [-0.15, -0.1) is 0 Å². The molecule has 0 aliphatic heterocycles. The number of aromatic amines is 1. The minimum atomic E-state index is -3.95. The van der Waals surface area contributed by atoms with Crippen LogP contribution >= 0.6 is 11.8 Å². The van der Waals surface area contributed by atoms with E-state index in [1.165, 1.54) is 48.8 Å². The largest absolute Gasteiger partial charge is 0.508 e. The van der Waals surface area contributed by atoms with Crippen molar-refractivity contribution in [2.75, 3.05) is 4.72 Å². The number of sulfonamides is 1. The SMILES string of the molecule is C=Cc1c(NS(=O)(=O)c2ccc(O)cc2)cc(Sc2ncn[nH]2)c(O)c1C=C. The minimum Gasteiger partial charge on any atom is -0.508 e. The van der Waals surface area contributed by atoms with Crippen LogP contribution in [0.1, 0.15) is 11.1 Å². The summed E-state index contributed by atoms with van der Waals surface area (Å²) in [6.45, 7) is 7.39. The topological polar surface area (TPSA) is 128 Å². The Labute approximate surface area is 165 Å². The van der Waals surface area contributed by atoms with Crippen molar-refractivity contribution >= 4 is 39.6 Å². The lowest BCUT2D eigenvalue weighted by atomic mass is 10.0. The summed E-state index contributed by atoms with van der Waals surface area (Å²) in [7, 11) is -3.95. The van der Waals surface area contributed by atoms with E-state index in [0.717, 1.165) is 11.8 Å². The van der Waals surface area contributed by atoms with Crippen molar-refractivity contribution in [1.82, 2.24) is 15.2 Å². The lowest BCUT2D eigenvalue weighted by Crippen LogP contribution is -2.14. The average molecular weight is 416 g/mol. The van der Waals surface area contributed by atoms with Gasteiger partial charge in [-0.25, -0.2) is 13.4 Å². The van der Waals surface area contributed by atoms with Gasteiger partial charge in [-0.3, -0.25) is 9.82 Å². The highest BCUT2D eigenvalue weighted by Gasteiger charge is 2.21. The molecule has 1 heterocycles. The fourth-order valence-electron chi connectivity index (χ4n) is 2.45. The van der Waals surface area contributed by atoms with Gasteiger partial charge < -0.3 is 10.2 Å². The number of H-pyrrole nitrogens is 1. The van der Waals surface area contributed by atoms with Crippen molar-refractivity contribution in [3.63, 3.8) is 0 Å². The highest BCUT2D eigenvalue weighted by molar-refractivity contribution is 7.99. The molecule has 3 aromatic rings. The lowest BCUT2D eigenvalue weighted by Gasteiger charge is -2.16. The van der Waals surface area contributed by atoms with Gasteiger partial charge in [-0.1, -0.05) is 25.3 Å². The summed E-state index contributed by atoms with van der Waals surface area (Å²) in [5.74, 6) is -0.131. The first-order valence-corrected chi connectivity index (χ1v) is 10.2. The number of anilines is 1. The molecule has 144 valence electrons. The molecule has 0 fully saturated rings. The van der Waals surface area contributed by atoms with E-state index in [1.807, 2.05) is 0 Å². The van der Waals surface area contributed by atoms with Gasteiger partial charge in [0.25, 0.3) is 10.0 Å². The van der Waals surface area contributed by atoms with Gasteiger partial charge in [0, 0.05) is 11.1 Å². The van der Waals surface area contributed by atoms with E-state index in [2.05, 4.69) is 33.1 Å². The Morgan fingerprint density at radius 1 is 1.11 bits per heavy atom. The van der Waals surface area contributed by atoms with Crippen LogP contribution in [0.2, 0.25) is 0 Å². The zero-order chi connectivity index (χ0) is 20.3. The van der Waals surface area contributed by atoms with Gasteiger partial charge in [0.05, 0.1) is 15.5 Å². The van der Waals surface area contributed by atoms with E-state index in [1.54, 1.807) is 0 Å². The third kappa shape index (κ3) is 3.87. The van der Waals surface area contributed by atoms with E-state index in [9.17, 15) is 18.6 Å². The van der Waals surface area contributed by atoms with Gasteiger partial charge in [0.2, 0.25) is 0 Å². The van der Waals surface area contributed by atoms with E-state index < -0.39 is 10.0 Å². The molecule has 0 aliphatic rings. The molecule has 0 aliphatic carbocycles. The molecule has 0 radical (unpaired) electrons. The molecule has 3 rings (SSSR count). The summed E-state index contributed by atoms with van der Waals surface area (Å²) in [4.78, 5) is 4.31.